The van der Waals surface area contributed by atoms with Crippen molar-refractivity contribution in [3.05, 3.63) is 87.9 Å². The van der Waals surface area contributed by atoms with Gasteiger partial charge >= 0.3 is 12.1 Å². The lowest BCUT2D eigenvalue weighted by atomic mass is 9.97. The van der Waals surface area contributed by atoms with Gasteiger partial charge in [0.2, 0.25) is 0 Å². The smallest absolute Gasteiger partial charge is 0.475 e. The van der Waals surface area contributed by atoms with Crippen LogP contribution in [0, 0.1) is 0 Å². The lowest BCUT2D eigenvalue weighted by molar-refractivity contribution is -0.192. The molecule has 0 radical (unpaired) electrons. The van der Waals surface area contributed by atoms with Crippen molar-refractivity contribution in [2.75, 3.05) is 24.9 Å². The van der Waals surface area contributed by atoms with Gasteiger partial charge < -0.3 is 14.5 Å². The summed E-state index contributed by atoms with van der Waals surface area (Å²) in [5.41, 5.74) is 3.48. The molecule has 1 atom stereocenters. The molecule has 40 heavy (non-hydrogen) atoms. The van der Waals surface area contributed by atoms with E-state index in [1.807, 2.05) is 18.2 Å². The number of rotatable bonds is 5. The summed E-state index contributed by atoms with van der Waals surface area (Å²) in [7, 11) is 0.553. The van der Waals surface area contributed by atoms with Gasteiger partial charge in [-0.15, -0.1) is 0 Å². The minimum absolute atomic E-state index is 0.144. The molecule has 2 N–H and O–H groups in total. The zero-order chi connectivity index (χ0) is 29.0. The number of halogens is 4. The van der Waals surface area contributed by atoms with E-state index in [1.54, 1.807) is 34.9 Å². The summed E-state index contributed by atoms with van der Waals surface area (Å²) >= 11 is 6.35. The number of anilines is 1. The number of nitrogens with zero attached hydrogens (tertiary/aromatic N) is 3. The summed E-state index contributed by atoms with van der Waals surface area (Å²) in [6.45, 7) is 1.79. The number of hydrogen-bond acceptors (Lipinski definition) is 6. The van der Waals surface area contributed by atoms with Gasteiger partial charge in [0, 0.05) is 41.2 Å². The number of alkyl halides is 3. The molecule has 4 aromatic rings. The van der Waals surface area contributed by atoms with E-state index in [9.17, 15) is 22.2 Å². The van der Waals surface area contributed by atoms with Crippen LogP contribution in [0.2, 0.25) is 5.02 Å². The summed E-state index contributed by atoms with van der Waals surface area (Å²) in [6, 6.07) is 15.8. The van der Waals surface area contributed by atoms with Gasteiger partial charge in [-0.1, -0.05) is 22.8 Å². The summed E-state index contributed by atoms with van der Waals surface area (Å²) in [4.78, 5) is 24.7. The molecule has 0 saturated heterocycles. The van der Waals surface area contributed by atoms with Crippen LogP contribution in [0.5, 0.6) is 0 Å². The largest absolute Gasteiger partial charge is 0.490 e. The van der Waals surface area contributed by atoms with Gasteiger partial charge in [-0.05, 0) is 61.5 Å². The van der Waals surface area contributed by atoms with Gasteiger partial charge in [-0.2, -0.15) is 13.2 Å². The van der Waals surface area contributed by atoms with E-state index in [0.717, 1.165) is 41.7 Å². The number of pyridine rings is 1. The SMILES string of the molecule is CN1CC=C(c2cc(Cl)ccc2-n2c(=O)ccc3cc(S(=O)Nc4ccon4)ccc32)CC1.O=C(O)C(F)(F)F. The predicted octanol–water partition coefficient (Wildman–Crippen LogP) is 5.12. The van der Waals surface area contributed by atoms with Crippen molar-refractivity contribution >= 4 is 50.8 Å². The Kier molecular flexibility index (Phi) is 8.76. The average Bonchev–Trinajstić information content (AvgIpc) is 3.42. The monoisotopic (exact) mass is 594 g/mol. The van der Waals surface area contributed by atoms with Gasteiger partial charge in [0.15, 0.2) is 16.8 Å². The molecular formula is C26H22ClF3N4O5S. The molecular weight excluding hydrogens is 573 g/mol. The number of hydrogen-bond donors (Lipinski definition) is 2. The Labute approximate surface area is 233 Å². The molecule has 0 bridgehead atoms. The molecule has 0 aliphatic carbocycles. The molecule has 14 heteroatoms. The van der Waals surface area contributed by atoms with Crippen LogP contribution < -0.4 is 10.3 Å². The Morgan fingerprint density at radius 3 is 2.52 bits per heavy atom. The molecule has 2 aromatic carbocycles. The minimum atomic E-state index is -5.08. The first kappa shape index (κ1) is 29.1. The van der Waals surface area contributed by atoms with E-state index in [4.69, 9.17) is 26.0 Å². The Balaban J connectivity index is 0.000000470. The van der Waals surface area contributed by atoms with Gasteiger partial charge in [0.25, 0.3) is 5.56 Å². The molecule has 0 amide bonds. The van der Waals surface area contributed by atoms with Gasteiger partial charge in [-0.25, -0.2) is 9.00 Å². The first-order valence-electron chi connectivity index (χ1n) is 11.7. The highest BCUT2D eigenvalue weighted by molar-refractivity contribution is 7.86. The normalized spacial score (nSPS) is 14.7. The fraction of sp³-hybridized carbons (Fsp3) is 0.192. The molecule has 0 fully saturated rings. The minimum Gasteiger partial charge on any atom is -0.475 e. The molecule has 0 saturated carbocycles. The molecule has 210 valence electrons. The molecule has 1 aliphatic heterocycles. The number of fused-ring (bicyclic) bond motifs is 1. The number of carboxylic acids is 1. The fourth-order valence-electron chi connectivity index (χ4n) is 3.98. The lowest BCUT2D eigenvalue weighted by Crippen LogP contribution is -2.24. The molecule has 0 spiro atoms. The van der Waals surface area contributed by atoms with E-state index in [2.05, 4.69) is 27.9 Å². The zero-order valence-electron chi connectivity index (χ0n) is 20.8. The third-order valence-electron chi connectivity index (χ3n) is 5.92. The van der Waals surface area contributed by atoms with Crippen LogP contribution in [0.1, 0.15) is 12.0 Å². The van der Waals surface area contributed by atoms with Crippen molar-refractivity contribution in [3.63, 3.8) is 0 Å². The van der Waals surface area contributed by atoms with Crippen molar-refractivity contribution in [1.82, 2.24) is 14.6 Å². The second-order valence-electron chi connectivity index (χ2n) is 8.69. The highest BCUT2D eigenvalue weighted by Crippen LogP contribution is 2.31. The molecule has 1 unspecified atom stereocenters. The van der Waals surface area contributed by atoms with Crippen LogP contribution in [0.15, 0.2) is 81.1 Å². The van der Waals surface area contributed by atoms with Crippen molar-refractivity contribution in [2.45, 2.75) is 17.5 Å². The second-order valence-corrected chi connectivity index (χ2v) is 10.3. The van der Waals surface area contributed by atoms with Crippen LogP contribution in [0.3, 0.4) is 0 Å². The molecule has 5 rings (SSSR count). The molecule has 1 aliphatic rings. The second kappa shape index (κ2) is 12.1. The van der Waals surface area contributed by atoms with Gasteiger partial charge in [-0.3, -0.25) is 14.1 Å². The Bertz CT molecular complexity index is 1650. The van der Waals surface area contributed by atoms with Crippen molar-refractivity contribution < 1.29 is 31.8 Å². The van der Waals surface area contributed by atoms with E-state index < -0.39 is 23.1 Å². The maximum atomic E-state index is 13.0. The van der Waals surface area contributed by atoms with Crippen molar-refractivity contribution in [3.8, 4) is 5.69 Å². The number of benzene rings is 2. The molecule has 2 aromatic heterocycles. The highest BCUT2D eigenvalue weighted by Gasteiger charge is 2.38. The molecule has 3 heterocycles. The number of likely N-dealkylation sites (N-methyl/N-ethyl adjacent to an activating group) is 1. The van der Waals surface area contributed by atoms with Crippen LogP contribution in [-0.4, -0.2) is 56.2 Å². The predicted molar refractivity (Wildman–Crippen MR) is 145 cm³/mol. The number of aromatic nitrogens is 2. The number of aliphatic carboxylic acids is 1. The highest BCUT2D eigenvalue weighted by atomic mass is 35.5. The van der Waals surface area contributed by atoms with Crippen molar-refractivity contribution in [1.29, 1.82) is 0 Å². The first-order chi connectivity index (χ1) is 18.9. The Morgan fingerprint density at radius 2 is 1.90 bits per heavy atom. The van der Waals surface area contributed by atoms with Crippen LogP contribution >= 0.6 is 11.6 Å². The lowest BCUT2D eigenvalue weighted by Gasteiger charge is -2.24. The topological polar surface area (TPSA) is 118 Å². The average molecular weight is 595 g/mol. The maximum absolute atomic E-state index is 13.0. The van der Waals surface area contributed by atoms with Crippen molar-refractivity contribution in [2.24, 2.45) is 0 Å². The van der Waals surface area contributed by atoms with Crippen LogP contribution in [-0.2, 0) is 15.8 Å². The maximum Gasteiger partial charge on any atom is 0.490 e. The molecule has 9 nitrogen and oxygen atoms in total. The van der Waals surface area contributed by atoms with E-state index in [0.29, 0.717) is 15.7 Å². The van der Waals surface area contributed by atoms with E-state index in [1.165, 1.54) is 17.9 Å². The summed E-state index contributed by atoms with van der Waals surface area (Å²) in [5.74, 6) is -2.37. The van der Waals surface area contributed by atoms with Gasteiger partial charge in [0.05, 0.1) is 16.1 Å². The summed E-state index contributed by atoms with van der Waals surface area (Å²) in [5, 5.41) is 12.3. The van der Waals surface area contributed by atoms with Gasteiger partial charge in [0.1, 0.15) is 6.26 Å². The van der Waals surface area contributed by atoms with Crippen LogP contribution in [0.25, 0.3) is 22.2 Å². The number of carboxylic acid groups (broad SMARTS) is 1. The standard InChI is InChI=1S/C24H21ClN4O3S.C2HF3O2/c1-28-11-8-16(9-12-28)20-15-18(25)3-5-22(20)29-21-6-4-19(14-17(21)2-7-24(29)30)33(31)27-23-10-13-32-26-23;3-2(4,5)1(6)7/h2-8,10,13-15H,9,11-12H2,1H3,(H,26,27);(H,6,7). The number of nitrogens with one attached hydrogen (secondary N) is 1. The fourth-order valence-corrected chi connectivity index (χ4v) is 4.99. The Hall–Kier alpha value is -3.94. The first-order valence-corrected chi connectivity index (χ1v) is 13.2. The zero-order valence-corrected chi connectivity index (χ0v) is 22.4. The Morgan fingerprint density at radius 1 is 1.15 bits per heavy atom. The summed E-state index contributed by atoms with van der Waals surface area (Å²) in [6.07, 6.45) is -0.617. The van der Waals surface area contributed by atoms with Crippen LogP contribution in [0.4, 0.5) is 19.0 Å². The number of carbonyl (C=O) groups is 1. The third kappa shape index (κ3) is 6.79. The summed E-state index contributed by atoms with van der Waals surface area (Å²) < 4.78 is 53.7. The van der Waals surface area contributed by atoms with E-state index in [-0.39, 0.29) is 5.56 Å². The van der Waals surface area contributed by atoms with E-state index >= 15 is 0 Å². The third-order valence-corrected chi connectivity index (χ3v) is 7.23. The quantitative estimate of drug-likeness (QED) is 0.329.